The van der Waals surface area contributed by atoms with Crippen LogP contribution in [0.15, 0.2) is 0 Å². The van der Waals surface area contributed by atoms with Gasteiger partial charge in [0.1, 0.15) is 5.25 Å². The van der Waals surface area contributed by atoms with Crippen molar-refractivity contribution in [3.8, 4) is 0 Å². The maximum absolute atomic E-state index is 13.3. The number of rotatable bonds is 9. The topological polar surface area (TPSA) is 65.0 Å². The molecule has 0 radical (unpaired) electrons. The molecule has 0 rings (SSSR count). The first-order chi connectivity index (χ1) is 11.9. The summed E-state index contributed by atoms with van der Waals surface area (Å²) in [5.74, 6) is -15.0. The number of ether oxygens (including phenoxy) is 1. The van der Waals surface area contributed by atoms with Crippen LogP contribution in [0.2, 0.25) is 0 Å². The first kappa shape index (κ1) is 25.9. The summed E-state index contributed by atoms with van der Waals surface area (Å²) in [6.07, 6.45) is -17.4. The average molecular weight is 450 g/mol. The molecule has 17 heteroatoms. The van der Waals surface area contributed by atoms with Gasteiger partial charge >= 0.3 is 35.8 Å². The summed E-state index contributed by atoms with van der Waals surface area (Å²) in [6.45, 7) is -0.850. The molecule has 0 heterocycles. The molecule has 0 aliphatic carbocycles. The highest BCUT2D eigenvalue weighted by Crippen LogP contribution is 2.59. The maximum atomic E-state index is 13.3. The van der Waals surface area contributed by atoms with Crippen molar-refractivity contribution < 1.29 is 72.5 Å². The van der Waals surface area contributed by atoms with Crippen LogP contribution in [0.25, 0.3) is 0 Å². The van der Waals surface area contributed by atoms with Gasteiger partial charge in [0.15, 0.2) is 0 Å². The van der Waals surface area contributed by atoms with Gasteiger partial charge in [0, 0.05) is 12.0 Å². The molecule has 0 saturated heterocycles. The van der Waals surface area contributed by atoms with Crippen molar-refractivity contribution in [2.24, 2.45) is 0 Å². The Morgan fingerprint density at radius 1 is 0.963 bits per heavy atom. The van der Waals surface area contributed by atoms with Crippen molar-refractivity contribution in [1.82, 2.24) is 0 Å². The zero-order valence-corrected chi connectivity index (χ0v) is 13.5. The van der Waals surface area contributed by atoms with E-state index >= 15 is 0 Å². The molecule has 0 fully saturated rings. The number of esters is 1. The first-order valence-electron chi connectivity index (χ1n) is 6.25. The molecule has 1 unspecified atom stereocenters. The Kier molecular flexibility index (Phi) is 8.18. The molecule has 0 aromatic heterocycles. The quantitative estimate of drug-likeness (QED) is 0.184. The lowest BCUT2D eigenvalue weighted by atomic mass is 9.89. The predicted octanol–water partition coefficient (Wildman–Crippen LogP) is 4.48. The third kappa shape index (κ3) is 5.26. The van der Waals surface area contributed by atoms with E-state index in [0.29, 0.717) is 0 Å². The molecule has 0 saturated carbocycles. The standard InChI is InChI=1S/C10H9F11O5S/c1-4(27-26-25-23)5(22)24-3-2-6(11,12)8(14,15)7(13,9(16,17)18)10(19,20)21/h4,23H,2-3H2,1H3. The van der Waals surface area contributed by atoms with Crippen molar-refractivity contribution >= 4 is 18.0 Å². The van der Waals surface area contributed by atoms with Gasteiger partial charge in [0.05, 0.1) is 13.0 Å². The van der Waals surface area contributed by atoms with Crippen LogP contribution in [0, 0.1) is 0 Å². The van der Waals surface area contributed by atoms with E-state index in [4.69, 9.17) is 5.26 Å². The molecular weight excluding hydrogens is 441 g/mol. The summed E-state index contributed by atoms with van der Waals surface area (Å²) in [4.78, 5) is 11.2. The fourth-order valence-electron chi connectivity index (χ4n) is 1.44. The average Bonchev–Trinajstić information content (AvgIpc) is 2.48. The Labute approximate surface area is 146 Å². The van der Waals surface area contributed by atoms with Gasteiger partial charge in [-0.15, -0.1) is 4.33 Å². The Bertz CT molecular complexity index is 493. The zero-order valence-electron chi connectivity index (χ0n) is 12.6. The normalized spacial score (nSPS) is 15.6. The van der Waals surface area contributed by atoms with Crippen LogP contribution >= 0.6 is 12.0 Å². The number of alkyl halides is 11. The SMILES string of the molecule is CC(SOOO)C(=O)OCCC(F)(F)C(F)(F)C(F)(C(F)(F)F)C(F)(F)F. The van der Waals surface area contributed by atoms with E-state index in [1.54, 1.807) is 0 Å². The van der Waals surface area contributed by atoms with Crippen molar-refractivity contribution in [3.63, 3.8) is 0 Å². The highest BCUT2D eigenvalue weighted by atomic mass is 32.2. The van der Waals surface area contributed by atoms with Gasteiger partial charge in [0.25, 0.3) is 0 Å². The highest BCUT2D eigenvalue weighted by molar-refractivity contribution is 7.95. The predicted molar refractivity (Wildman–Crippen MR) is 63.3 cm³/mol. The second kappa shape index (κ2) is 8.52. The Balaban J connectivity index is 5.35. The van der Waals surface area contributed by atoms with Crippen LogP contribution in [0.1, 0.15) is 13.3 Å². The highest BCUT2D eigenvalue weighted by Gasteiger charge is 2.89. The number of halogens is 11. The van der Waals surface area contributed by atoms with Crippen molar-refractivity contribution in [1.29, 1.82) is 0 Å². The molecule has 0 aromatic rings. The van der Waals surface area contributed by atoms with Gasteiger partial charge in [-0.1, -0.05) is 5.04 Å². The summed E-state index contributed by atoms with van der Waals surface area (Å²) in [5, 5.41) is 9.38. The molecule has 0 aromatic carbocycles. The first-order valence-corrected chi connectivity index (χ1v) is 7.05. The van der Waals surface area contributed by atoms with E-state index in [1.165, 1.54) is 0 Å². The summed E-state index contributed by atoms with van der Waals surface area (Å²) in [6, 6.07) is 0. The van der Waals surface area contributed by atoms with E-state index in [1.807, 2.05) is 0 Å². The molecule has 0 bridgehead atoms. The fourth-order valence-corrected chi connectivity index (χ4v) is 1.74. The van der Waals surface area contributed by atoms with Crippen molar-refractivity contribution in [2.75, 3.05) is 6.61 Å². The summed E-state index contributed by atoms with van der Waals surface area (Å²) >= 11 is 0.0190. The van der Waals surface area contributed by atoms with Crippen LogP contribution in [0.4, 0.5) is 48.3 Å². The Morgan fingerprint density at radius 2 is 1.41 bits per heavy atom. The molecule has 162 valence electrons. The van der Waals surface area contributed by atoms with Gasteiger partial charge < -0.3 is 4.74 Å². The van der Waals surface area contributed by atoms with E-state index in [0.717, 1.165) is 6.92 Å². The lowest BCUT2D eigenvalue weighted by molar-refractivity contribution is -0.432. The zero-order chi connectivity index (χ0) is 21.9. The van der Waals surface area contributed by atoms with Gasteiger partial charge in [-0.25, -0.2) is 9.65 Å². The molecule has 0 amide bonds. The molecule has 1 atom stereocenters. The Morgan fingerprint density at radius 3 is 1.78 bits per heavy atom. The van der Waals surface area contributed by atoms with Gasteiger partial charge in [-0.2, -0.15) is 43.9 Å². The van der Waals surface area contributed by atoms with E-state index in [9.17, 15) is 53.1 Å². The van der Waals surface area contributed by atoms with Crippen LogP contribution < -0.4 is 0 Å². The number of carbonyl (C=O) groups excluding carboxylic acids is 1. The molecular formula is C10H9F11O5S. The summed E-state index contributed by atoms with van der Waals surface area (Å²) in [5.41, 5.74) is -7.56. The van der Waals surface area contributed by atoms with Crippen LogP contribution in [-0.4, -0.2) is 52.9 Å². The van der Waals surface area contributed by atoms with Crippen molar-refractivity contribution in [2.45, 2.75) is 48.5 Å². The maximum Gasteiger partial charge on any atom is 0.438 e. The number of hydrogen-bond acceptors (Lipinski definition) is 6. The van der Waals surface area contributed by atoms with Gasteiger partial charge in [0.2, 0.25) is 0 Å². The second-order valence-corrected chi connectivity index (χ2v) is 5.77. The molecule has 1 N–H and O–H groups in total. The minimum absolute atomic E-state index is 0.0190. The minimum atomic E-state index is -7.56. The molecule has 5 nitrogen and oxygen atoms in total. The Hall–Kier alpha value is -1.07. The number of carbonyl (C=O) groups is 1. The van der Waals surface area contributed by atoms with E-state index in [2.05, 4.69) is 14.1 Å². The molecule has 0 aliphatic heterocycles. The van der Waals surface area contributed by atoms with Crippen LogP contribution in [0.3, 0.4) is 0 Å². The fraction of sp³-hybridized carbons (Fsp3) is 0.900. The lowest BCUT2D eigenvalue weighted by Crippen LogP contribution is -2.70. The lowest BCUT2D eigenvalue weighted by Gasteiger charge is -2.39. The number of hydrogen-bond donors (Lipinski definition) is 1. The summed E-state index contributed by atoms with van der Waals surface area (Å²) in [7, 11) is 0. The second-order valence-electron chi connectivity index (χ2n) is 4.73. The molecule has 0 aliphatic rings. The molecule has 27 heavy (non-hydrogen) atoms. The van der Waals surface area contributed by atoms with Crippen LogP contribution in [0.5, 0.6) is 0 Å². The van der Waals surface area contributed by atoms with Gasteiger partial charge in [-0.3, -0.25) is 4.79 Å². The van der Waals surface area contributed by atoms with Gasteiger partial charge in [-0.05, 0) is 6.92 Å². The monoisotopic (exact) mass is 450 g/mol. The molecule has 0 spiro atoms. The van der Waals surface area contributed by atoms with Crippen molar-refractivity contribution in [3.05, 3.63) is 0 Å². The minimum Gasteiger partial charge on any atom is -0.465 e. The third-order valence-electron chi connectivity index (χ3n) is 2.88. The third-order valence-corrected chi connectivity index (χ3v) is 3.50. The van der Waals surface area contributed by atoms with Crippen LogP contribution in [-0.2, 0) is 18.9 Å². The largest absolute Gasteiger partial charge is 0.465 e. The summed E-state index contributed by atoms with van der Waals surface area (Å²) < 4.78 is 148. The smallest absolute Gasteiger partial charge is 0.438 e. The van der Waals surface area contributed by atoms with E-state index < -0.39 is 54.1 Å². The van der Waals surface area contributed by atoms with E-state index in [-0.39, 0.29) is 12.0 Å².